The first kappa shape index (κ1) is 22.2. The van der Waals surface area contributed by atoms with Crippen LogP contribution >= 0.6 is 23.8 Å². The van der Waals surface area contributed by atoms with Gasteiger partial charge in [-0.25, -0.2) is 0 Å². The summed E-state index contributed by atoms with van der Waals surface area (Å²) in [5, 5.41) is 13.9. The number of halogens is 1. The van der Waals surface area contributed by atoms with Gasteiger partial charge >= 0.3 is 0 Å². The number of nitrogens with one attached hydrogen (secondary N) is 3. The Balaban J connectivity index is 1.75. The van der Waals surface area contributed by atoms with Gasteiger partial charge in [0, 0.05) is 11.8 Å². The van der Waals surface area contributed by atoms with Crippen molar-refractivity contribution in [1.29, 1.82) is 0 Å². The number of hydrogen-bond acceptors (Lipinski definition) is 4. The molecule has 0 spiro atoms. The number of hydrogen-bond donors (Lipinski definition) is 3. The number of nitro groups is 1. The van der Waals surface area contributed by atoms with Crippen molar-refractivity contribution in [3.05, 3.63) is 105 Å². The Bertz CT molecular complexity index is 1070. The number of benzene rings is 3. The predicted molar refractivity (Wildman–Crippen MR) is 125 cm³/mol. The minimum Gasteiger partial charge on any atom is -0.331 e. The Labute approximate surface area is 189 Å². The highest BCUT2D eigenvalue weighted by atomic mass is 35.5. The number of anilines is 1. The highest BCUT2D eigenvalue weighted by Crippen LogP contribution is 2.32. The van der Waals surface area contributed by atoms with E-state index < -0.39 is 10.3 Å². The van der Waals surface area contributed by atoms with E-state index in [2.05, 4.69) is 16.2 Å². The Hall–Kier alpha value is -3.49. The van der Waals surface area contributed by atoms with Crippen LogP contribution in [0.4, 0.5) is 11.4 Å². The largest absolute Gasteiger partial charge is 0.331 e. The van der Waals surface area contributed by atoms with Crippen molar-refractivity contribution >= 4 is 46.2 Å². The molecule has 0 atom stereocenters. The third-order valence-electron chi connectivity index (χ3n) is 4.85. The van der Waals surface area contributed by atoms with Crippen LogP contribution in [0.1, 0.15) is 18.1 Å². The first-order valence-electron chi connectivity index (χ1n) is 9.25. The maximum Gasteiger partial charge on any atom is 0.289 e. The standard InChI is InChI=1S/C22H19ClN4O3S/c1-22(15-8-4-2-5-9-15,16-10-6-3-7-11-16)20(28)25-26-21(31)24-17-12-13-18(23)19(14-17)27(29)30/h2-14H,1H3,(H,25,28)(H2,24,26,31). The monoisotopic (exact) mass is 454 g/mol. The number of amides is 1. The fourth-order valence-electron chi connectivity index (χ4n) is 3.10. The second-order valence-electron chi connectivity index (χ2n) is 6.81. The van der Waals surface area contributed by atoms with Crippen molar-refractivity contribution in [3.63, 3.8) is 0 Å². The minimum absolute atomic E-state index is 0.0178. The molecule has 0 radical (unpaired) electrons. The van der Waals surface area contributed by atoms with Gasteiger partial charge in [0.05, 0.1) is 10.3 Å². The average molecular weight is 455 g/mol. The van der Waals surface area contributed by atoms with Gasteiger partial charge < -0.3 is 5.32 Å². The van der Waals surface area contributed by atoms with Gasteiger partial charge in [-0.3, -0.25) is 25.8 Å². The summed E-state index contributed by atoms with van der Waals surface area (Å²) in [5.41, 5.74) is 6.04. The van der Waals surface area contributed by atoms with Crippen molar-refractivity contribution in [2.24, 2.45) is 0 Å². The molecule has 7 nitrogen and oxygen atoms in total. The van der Waals surface area contributed by atoms with Crippen LogP contribution in [0.2, 0.25) is 5.02 Å². The van der Waals surface area contributed by atoms with Gasteiger partial charge in [0.1, 0.15) is 5.02 Å². The van der Waals surface area contributed by atoms with E-state index in [1.165, 1.54) is 12.1 Å². The zero-order chi connectivity index (χ0) is 22.4. The predicted octanol–water partition coefficient (Wildman–Crippen LogP) is 4.57. The number of rotatable bonds is 5. The van der Waals surface area contributed by atoms with Gasteiger partial charge in [0.2, 0.25) is 0 Å². The van der Waals surface area contributed by atoms with E-state index in [-0.39, 0.29) is 21.7 Å². The molecule has 1 amide bonds. The van der Waals surface area contributed by atoms with Crippen LogP contribution < -0.4 is 16.2 Å². The van der Waals surface area contributed by atoms with Crippen molar-refractivity contribution < 1.29 is 9.72 Å². The summed E-state index contributed by atoms with van der Waals surface area (Å²) in [5.74, 6) is -0.323. The maximum atomic E-state index is 13.2. The SMILES string of the molecule is CC(C(=O)NNC(=S)Nc1ccc(Cl)c([N+](=O)[O-])c1)(c1ccccc1)c1ccccc1. The number of carbonyl (C=O) groups excluding carboxylic acids is 1. The number of hydrazine groups is 1. The third-order valence-corrected chi connectivity index (χ3v) is 5.37. The fraction of sp³-hybridized carbons (Fsp3) is 0.0909. The summed E-state index contributed by atoms with van der Waals surface area (Å²) in [6, 6.07) is 23.0. The van der Waals surface area contributed by atoms with E-state index in [1.807, 2.05) is 67.6 Å². The normalized spacial score (nSPS) is 10.8. The molecule has 0 aliphatic carbocycles. The topological polar surface area (TPSA) is 96.3 Å². The maximum absolute atomic E-state index is 13.2. The van der Waals surface area contributed by atoms with E-state index in [0.717, 1.165) is 11.1 Å². The summed E-state index contributed by atoms with van der Waals surface area (Å²) in [7, 11) is 0. The molecular formula is C22H19ClN4O3S. The highest BCUT2D eigenvalue weighted by Gasteiger charge is 2.37. The third kappa shape index (κ3) is 4.99. The number of thiocarbonyl (C=S) groups is 1. The van der Waals surface area contributed by atoms with Crippen molar-refractivity contribution in [1.82, 2.24) is 10.9 Å². The number of carbonyl (C=O) groups is 1. The molecule has 0 aromatic heterocycles. The molecule has 0 aliphatic heterocycles. The Kier molecular flexibility index (Phi) is 6.84. The van der Waals surface area contributed by atoms with Crippen molar-refractivity contribution in [2.45, 2.75) is 12.3 Å². The van der Waals surface area contributed by atoms with Crippen molar-refractivity contribution in [3.8, 4) is 0 Å². The lowest BCUT2D eigenvalue weighted by Gasteiger charge is -2.30. The lowest BCUT2D eigenvalue weighted by molar-refractivity contribution is -0.384. The fourth-order valence-corrected chi connectivity index (χ4v) is 3.46. The molecule has 3 rings (SSSR count). The summed E-state index contributed by atoms with van der Waals surface area (Å²) in [6.45, 7) is 1.83. The summed E-state index contributed by atoms with van der Waals surface area (Å²) in [6.07, 6.45) is 0. The molecule has 31 heavy (non-hydrogen) atoms. The quantitative estimate of drug-likeness (QED) is 0.297. The first-order valence-corrected chi connectivity index (χ1v) is 10.0. The highest BCUT2D eigenvalue weighted by molar-refractivity contribution is 7.80. The first-order chi connectivity index (χ1) is 14.8. The van der Waals surface area contributed by atoms with Crippen LogP contribution in [0.15, 0.2) is 78.9 Å². The molecule has 158 valence electrons. The number of nitrogens with zero attached hydrogens (tertiary/aromatic N) is 1. The lowest BCUT2D eigenvalue weighted by Crippen LogP contribution is -2.51. The van der Waals surface area contributed by atoms with Crippen LogP contribution in [0, 0.1) is 10.1 Å². The molecule has 9 heteroatoms. The molecule has 0 saturated heterocycles. The molecule has 0 unspecified atom stereocenters. The molecular weight excluding hydrogens is 436 g/mol. The van der Waals surface area contributed by atoms with E-state index in [4.69, 9.17) is 23.8 Å². The molecule has 0 bridgehead atoms. The zero-order valence-electron chi connectivity index (χ0n) is 16.5. The molecule has 3 aromatic rings. The van der Waals surface area contributed by atoms with Gasteiger partial charge in [-0.2, -0.15) is 0 Å². The van der Waals surface area contributed by atoms with Gasteiger partial charge in [0.25, 0.3) is 11.6 Å². The average Bonchev–Trinajstić information content (AvgIpc) is 2.79. The van der Waals surface area contributed by atoms with Crippen LogP contribution in [-0.2, 0) is 10.2 Å². The van der Waals surface area contributed by atoms with Gasteiger partial charge in [-0.1, -0.05) is 72.3 Å². The molecule has 3 N–H and O–H groups in total. The van der Waals surface area contributed by atoms with Crippen LogP contribution in [0.3, 0.4) is 0 Å². The molecule has 3 aromatic carbocycles. The van der Waals surface area contributed by atoms with Gasteiger partial charge in [-0.15, -0.1) is 0 Å². The number of nitro benzene ring substituents is 1. The molecule has 0 fully saturated rings. The van der Waals surface area contributed by atoms with Crippen molar-refractivity contribution in [2.75, 3.05) is 5.32 Å². The van der Waals surface area contributed by atoms with Gasteiger partial charge in [-0.05, 0) is 42.4 Å². The Morgan fingerprint density at radius 2 is 1.52 bits per heavy atom. The second-order valence-corrected chi connectivity index (χ2v) is 7.63. The van der Waals surface area contributed by atoms with E-state index in [1.54, 1.807) is 6.07 Å². The minimum atomic E-state index is -0.982. The summed E-state index contributed by atoms with van der Waals surface area (Å²) < 4.78 is 0. The van der Waals surface area contributed by atoms with Gasteiger partial charge in [0.15, 0.2) is 5.11 Å². The van der Waals surface area contributed by atoms with Crippen LogP contribution in [0.25, 0.3) is 0 Å². The van der Waals surface area contributed by atoms with E-state index >= 15 is 0 Å². The lowest BCUT2D eigenvalue weighted by atomic mass is 9.75. The molecule has 0 aliphatic rings. The van der Waals surface area contributed by atoms with Crippen LogP contribution in [0.5, 0.6) is 0 Å². The smallest absolute Gasteiger partial charge is 0.289 e. The molecule has 0 heterocycles. The van der Waals surface area contributed by atoms with E-state index in [0.29, 0.717) is 5.69 Å². The summed E-state index contributed by atoms with van der Waals surface area (Å²) in [4.78, 5) is 23.7. The van der Waals surface area contributed by atoms with Crippen LogP contribution in [-0.4, -0.2) is 15.9 Å². The Morgan fingerprint density at radius 1 is 0.968 bits per heavy atom. The zero-order valence-corrected chi connectivity index (χ0v) is 18.0. The summed E-state index contributed by atoms with van der Waals surface area (Å²) >= 11 is 11.0. The molecule has 0 saturated carbocycles. The second kappa shape index (κ2) is 9.55. The Morgan fingerprint density at radius 3 is 2.03 bits per heavy atom. The van der Waals surface area contributed by atoms with E-state index in [9.17, 15) is 14.9 Å².